The maximum Gasteiger partial charge on any atom is 0.525 e. The number of hydrogen-bond donors (Lipinski definition) is 0. The molecule has 0 amide bonds. The molecule has 5 heteroatoms. The highest BCUT2D eigenvalue weighted by Gasteiger charge is 2.42. The number of alkyl halides is 3. The van der Waals surface area contributed by atoms with E-state index in [9.17, 15) is 13.2 Å². The number of halogens is 3. The minimum atomic E-state index is -4.74. The Hall–Kier alpha value is -1.59. The van der Waals surface area contributed by atoms with Crippen molar-refractivity contribution in [1.82, 2.24) is 0 Å². The number of methoxy groups -OCH3 is 1. The SMILES string of the molecule is COC1(OC(F)(F)F)C=CC(c2ccccc2)=CC1. The fraction of sp³-hybridized carbons (Fsp3) is 0.286. The van der Waals surface area contributed by atoms with Crippen LogP contribution < -0.4 is 0 Å². The van der Waals surface area contributed by atoms with Crippen LogP contribution in [0.4, 0.5) is 13.2 Å². The Morgan fingerprint density at radius 3 is 2.32 bits per heavy atom. The van der Waals surface area contributed by atoms with Crippen LogP contribution in [0.15, 0.2) is 48.6 Å². The van der Waals surface area contributed by atoms with E-state index in [-0.39, 0.29) is 6.42 Å². The molecule has 0 fully saturated rings. The molecule has 0 aliphatic heterocycles. The second-order valence-corrected chi connectivity index (χ2v) is 4.13. The smallest absolute Gasteiger partial charge is 0.349 e. The van der Waals surface area contributed by atoms with Crippen molar-refractivity contribution >= 4 is 5.57 Å². The highest BCUT2D eigenvalue weighted by molar-refractivity contribution is 5.75. The first-order valence-corrected chi connectivity index (χ1v) is 5.71. The Labute approximate surface area is 109 Å². The molecule has 0 heterocycles. The van der Waals surface area contributed by atoms with Crippen LogP contribution in [0.2, 0.25) is 0 Å². The number of allylic oxidation sites excluding steroid dienone is 2. The summed E-state index contributed by atoms with van der Waals surface area (Å²) in [6, 6.07) is 9.40. The third-order valence-electron chi connectivity index (χ3n) is 2.86. The molecular weight excluding hydrogens is 257 g/mol. The first-order valence-electron chi connectivity index (χ1n) is 5.71. The van der Waals surface area contributed by atoms with Gasteiger partial charge >= 0.3 is 6.36 Å². The van der Waals surface area contributed by atoms with Crippen LogP contribution in [0.1, 0.15) is 12.0 Å². The third kappa shape index (κ3) is 3.45. The summed E-state index contributed by atoms with van der Waals surface area (Å²) in [6.45, 7) is 0. The molecule has 102 valence electrons. The molecular formula is C14H13F3O2. The molecule has 1 atom stereocenters. The number of benzene rings is 1. The maximum atomic E-state index is 12.3. The predicted molar refractivity (Wildman–Crippen MR) is 65.1 cm³/mol. The minimum Gasteiger partial charge on any atom is -0.349 e. The first kappa shape index (κ1) is 13.8. The largest absolute Gasteiger partial charge is 0.525 e. The van der Waals surface area contributed by atoms with E-state index in [1.807, 2.05) is 30.3 Å². The van der Waals surface area contributed by atoms with Crippen LogP contribution in [0.5, 0.6) is 0 Å². The van der Waals surface area contributed by atoms with E-state index in [2.05, 4.69) is 4.74 Å². The normalized spacial score (nSPS) is 23.3. The van der Waals surface area contributed by atoms with Gasteiger partial charge in [0.2, 0.25) is 5.79 Å². The van der Waals surface area contributed by atoms with Crippen molar-refractivity contribution in [1.29, 1.82) is 0 Å². The molecule has 0 aromatic heterocycles. The second-order valence-electron chi connectivity index (χ2n) is 4.13. The van der Waals surface area contributed by atoms with Gasteiger partial charge in [0.15, 0.2) is 0 Å². The number of hydrogen-bond acceptors (Lipinski definition) is 2. The van der Waals surface area contributed by atoms with Crippen LogP contribution in [-0.4, -0.2) is 19.3 Å². The summed E-state index contributed by atoms with van der Waals surface area (Å²) >= 11 is 0. The van der Waals surface area contributed by atoms with Gasteiger partial charge in [-0.05, 0) is 17.2 Å². The summed E-state index contributed by atoms with van der Waals surface area (Å²) in [6.07, 6.45) is -0.191. The van der Waals surface area contributed by atoms with Gasteiger partial charge in [-0.1, -0.05) is 42.5 Å². The van der Waals surface area contributed by atoms with Gasteiger partial charge in [0.25, 0.3) is 0 Å². The van der Waals surface area contributed by atoms with Crippen molar-refractivity contribution in [2.24, 2.45) is 0 Å². The molecule has 0 bridgehead atoms. The minimum absolute atomic E-state index is 0.00371. The summed E-state index contributed by atoms with van der Waals surface area (Å²) in [4.78, 5) is 0. The molecule has 1 aliphatic carbocycles. The van der Waals surface area contributed by atoms with Crippen molar-refractivity contribution in [3.63, 3.8) is 0 Å². The highest BCUT2D eigenvalue weighted by atomic mass is 19.4. The quantitative estimate of drug-likeness (QED) is 0.775. The predicted octanol–water partition coefficient (Wildman–Crippen LogP) is 3.91. The van der Waals surface area contributed by atoms with Crippen molar-refractivity contribution in [3.05, 3.63) is 54.1 Å². The summed E-state index contributed by atoms with van der Waals surface area (Å²) in [5, 5.41) is 0. The zero-order chi connectivity index (χ0) is 13.9. The molecule has 1 aromatic rings. The molecule has 0 N–H and O–H groups in total. The Bertz CT molecular complexity index is 491. The monoisotopic (exact) mass is 270 g/mol. The molecule has 1 aliphatic rings. The van der Waals surface area contributed by atoms with Crippen LogP contribution in [-0.2, 0) is 9.47 Å². The highest BCUT2D eigenvalue weighted by Crippen LogP contribution is 2.34. The molecule has 0 spiro atoms. The fourth-order valence-corrected chi connectivity index (χ4v) is 1.91. The van der Waals surface area contributed by atoms with Crippen molar-refractivity contribution in [3.8, 4) is 0 Å². The van der Waals surface area contributed by atoms with Gasteiger partial charge in [-0.15, -0.1) is 13.2 Å². The lowest BCUT2D eigenvalue weighted by Crippen LogP contribution is -2.38. The van der Waals surface area contributed by atoms with Gasteiger partial charge in [0.1, 0.15) is 0 Å². The van der Waals surface area contributed by atoms with E-state index in [0.29, 0.717) is 0 Å². The Morgan fingerprint density at radius 2 is 1.84 bits per heavy atom. The number of ether oxygens (including phenoxy) is 2. The standard InChI is InChI=1S/C14H13F3O2/c1-18-13(19-14(15,16)17)9-7-12(8-10-13)11-5-3-2-4-6-11/h2-9H,10H2,1H3. The molecule has 0 saturated heterocycles. The zero-order valence-electron chi connectivity index (χ0n) is 10.3. The summed E-state index contributed by atoms with van der Waals surface area (Å²) in [7, 11) is 1.19. The average molecular weight is 270 g/mol. The van der Waals surface area contributed by atoms with Gasteiger partial charge in [-0.2, -0.15) is 0 Å². The van der Waals surface area contributed by atoms with Crippen LogP contribution >= 0.6 is 0 Å². The molecule has 0 radical (unpaired) electrons. The van der Waals surface area contributed by atoms with Crippen molar-refractivity contribution in [2.75, 3.05) is 7.11 Å². The second kappa shape index (κ2) is 5.19. The molecule has 0 saturated carbocycles. The lowest BCUT2D eigenvalue weighted by atomic mass is 9.96. The lowest BCUT2D eigenvalue weighted by molar-refractivity contribution is -0.399. The molecule has 1 aromatic carbocycles. The third-order valence-corrected chi connectivity index (χ3v) is 2.86. The van der Waals surface area contributed by atoms with E-state index in [1.54, 1.807) is 12.2 Å². The zero-order valence-corrected chi connectivity index (χ0v) is 10.3. The summed E-state index contributed by atoms with van der Waals surface area (Å²) < 4.78 is 45.9. The van der Waals surface area contributed by atoms with E-state index in [4.69, 9.17) is 4.74 Å². The van der Waals surface area contributed by atoms with E-state index < -0.39 is 12.1 Å². The Kier molecular flexibility index (Phi) is 3.78. The number of rotatable bonds is 3. The summed E-state index contributed by atoms with van der Waals surface area (Å²) in [5.74, 6) is -1.77. The topological polar surface area (TPSA) is 18.5 Å². The van der Waals surface area contributed by atoms with Crippen LogP contribution in [0, 0.1) is 0 Å². The van der Waals surface area contributed by atoms with E-state index in [0.717, 1.165) is 11.1 Å². The van der Waals surface area contributed by atoms with E-state index >= 15 is 0 Å². The van der Waals surface area contributed by atoms with Gasteiger partial charge in [0.05, 0.1) is 0 Å². The van der Waals surface area contributed by atoms with Crippen molar-refractivity contribution in [2.45, 2.75) is 18.6 Å². The Morgan fingerprint density at radius 1 is 1.16 bits per heavy atom. The van der Waals surface area contributed by atoms with Gasteiger partial charge < -0.3 is 4.74 Å². The van der Waals surface area contributed by atoms with Crippen molar-refractivity contribution < 1.29 is 22.6 Å². The first-order chi connectivity index (χ1) is 8.94. The lowest BCUT2D eigenvalue weighted by Gasteiger charge is -2.31. The molecule has 19 heavy (non-hydrogen) atoms. The van der Waals surface area contributed by atoms with Crippen LogP contribution in [0.3, 0.4) is 0 Å². The molecule has 1 unspecified atom stereocenters. The maximum absolute atomic E-state index is 12.3. The van der Waals surface area contributed by atoms with Crippen LogP contribution in [0.25, 0.3) is 5.57 Å². The fourth-order valence-electron chi connectivity index (χ4n) is 1.91. The molecule has 2 rings (SSSR count). The van der Waals surface area contributed by atoms with Gasteiger partial charge in [-0.25, -0.2) is 0 Å². The average Bonchev–Trinajstić information content (AvgIpc) is 2.39. The van der Waals surface area contributed by atoms with Gasteiger partial charge in [-0.3, -0.25) is 4.74 Å². The summed E-state index contributed by atoms with van der Waals surface area (Å²) in [5.41, 5.74) is 1.79. The Balaban J connectivity index is 2.17. The van der Waals surface area contributed by atoms with Gasteiger partial charge in [0, 0.05) is 13.5 Å². The van der Waals surface area contributed by atoms with E-state index in [1.165, 1.54) is 13.2 Å². The molecule has 2 nitrogen and oxygen atoms in total.